The molecular weight excluding hydrogens is 192 g/mol. The summed E-state index contributed by atoms with van der Waals surface area (Å²) in [5.41, 5.74) is -0.331. The highest BCUT2D eigenvalue weighted by molar-refractivity contribution is 4.90. The number of rotatable bonds is 6. The Kier molecular flexibility index (Phi) is 5.58. The molecule has 15 heavy (non-hydrogen) atoms. The highest BCUT2D eigenvalue weighted by atomic mass is 16.5. The number of hydrogen-bond donors (Lipinski definition) is 1. The Morgan fingerprint density at radius 3 is 2.53 bits per heavy atom. The topological polar surface area (TPSA) is 38.7 Å². The lowest BCUT2D eigenvalue weighted by atomic mass is 9.85. The molecule has 0 aromatic carbocycles. The van der Waals surface area contributed by atoms with Crippen LogP contribution in [-0.2, 0) is 9.47 Å². The van der Waals surface area contributed by atoms with Crippen LogP contribution in [0.2, 0.25) is 0 Å². The fourth-order valence-electron chi connectivity index (χ4n) is 2.24. The Balaban J connectivity index is 2.53. The Morgan fingerprint density at radius 2 is 2.00 bits per heavy atom. The van der Waals surface area contributed by atoms with E-state index in [9.17, 15) is 5.11 Å². The average molecular weight is 216 g/mol. The molecule has 0 aromatic heterocycles. The predicted octanol–water partition coefficient (Wildman–Crippen LogP) is 2.12. The molecule has 1 aliphatic rings. The van der Waals surface area contributed by atoms with Gasteiger partial charge in [-0.3, -0.25) is 0 Å². The lowest BCUT2D eigenvalue weighted by Crippen LogP contribution is -2.49. The zero-order chi connectivity index (χ0) is 11.1. The molecule has 1 heterocycles. The lowest BCUT2D eigenvalue weighted by Gasteiger charge is -2.40. The van der Waals surface area contributed by atoms with Crippen molar-refractivity contribution in [2.24, 2.45) is 0 Å². The Morgan fingerprint density at radius 1 is 1.33 bits per heavy atom. The third-order valence-corrected chi connectivity index (χ3v) is 3.21. The first-order chi connectivity index (χ1) is 7.25. The number of ether oxygens (including phenoxy) is 2. The highest BCUT2D eigenvalue weighted by Crippen LogP contribution is 2.31. The van der Waals surface area contributed by atoms with Gasteiger partial charge in [-0.1, -0.05) is 19.8 Å². The van der Waals surface area contributed by atoms with Crippen LogP contribution in [0.1, 0.15) is 46.0 Å². The van der Waals surface area contributed by atoms with Crippen molar-refractivity contribution in [3.05, 3.63) is 0 Å². The van der Waals surface area contributed by atoms with E-state index in [4.69, 9.17) is 9.47 Å². The molecule has 1 N–H and O–H groups in total. The zero-order valence-corrected chi connectivity index (χ0v) is 10.00. The van der Waals surface area contributed by atoms with Gasteiger partial charge >= 0.3 is 0 Å². The lowest BCUT2D eigenvalue weighted by molar-refractivity contribution is -0.167. The van der Waals surface area contributed by atoms with E-state index in [0.717, 1.165) is 32.1 Å². The minimum Gasteiger partial charge on any atom is -0.390 e. The van der Waals surface area contributed by atoms with Crippen molar-refractivity contribution in [1.82, 2.24) is 0 Å². The van der Waals surface area contributed by atoms with E-state index in [-0.39, 0.29) is 11.7 Å². The number of hydrogen-bond acceptors (Lipinski definition) is 3. The van der Waals surface area contributed by atoms with E-state index in [0.29, 0.717) is 19.8 Å². The van der Waals surface area contributed by atoms with Crippen LogP contribution >= 0.6 is 0 Å². The van der Waals surface area contributed by atoms with Crippen molar-refractivity contribution >= 4 is 0 Å². The van der Waals surface area contributed by atoms with Crippen molar-refractivity contribution < 1.29 is 14.6 Å². The number of aliphatic hydroxyl groups is 1. The summed E-state index contributed by atoms with van der Waals surface area (Å²) in [5.74, 6) is 0. The molecule has 1 unspecified atom stereocenters. The van der Waals surface area contributed by atoms with Gasteiger partial charge in [0.2, 0.25) is 0 Å². The number of aliphatic hydroxyl groups excluding tert-OH is 1. The first kappa shape index (κ1) is 12.9. The highest BCUT2D eigenvalue weighted by Gasteiger charge is 2.39. The normalized spacial score (nSPS) is 22.6. The van der Waals surface area contributed by atoms with Crippen LogP contribution in [0.25, 0.3) is 0 Å². The summed E-state index contributed by atoms with van der Waals surface area (Å²) in [7, 11) is 0. The van der Waals surface area contributed by atoms with Gasteiger partial charge in [-0.15, -0.1) is 0 Å². The minimum absolute atomic E-state index is 0.331. The third-order valence-electron chi connectivity index (χ3n) is 3.21. The molecule has 0 spiro atoms. The molecule has 0 radical (unpaired) electrons. The molecule has 3 nitrogen and oxygen atoms in total. The summed E-state index contributed by atoms with van der Waals surface area (Å²) in [4.78, 5) is 0. The van der Waals surface area contributed by atoms with E-state index in [2.05, 4.69) is 6.92 Å². The van der Waals surface area contributed by atoms with Gasteiger partial charge in [0, 0.05) is 32.7 Å². The molecule has 1 rings (SSSR count). The van der Waals surface area contributed by atoms with Crippen LogP contribution in [0.5, 0.6) is 0 Å². The molecule has 1 fully saturated rings. The van der Waals surface area contributed by atoms with Gasteiger partial charge in [-0.05, 0) is 13.3 Å². The molecule has 0 amide bonds. The first-order valence-corrected chi connectivity index (χ1v) is 6.15. The zero-order valence-electron chi connectivity index (χ0n) is 10.00. The summed E-state index contributed by atoms with van der Waals surface area (Å²) < 4.78 is 11.1. The van der Waals surface area contributed by atoms with Crippen LogP contribution in [-0.4, -0.2) is 36.6 Å². The molecule has 1 saturated heterocycles. The minimum atomic E-state index is -0.332. The van der Waals surface area contributed by atoms with E-state index >= 15 is 0 Å². The van der Waals surface area contributed by atoms with Crippen LogP contribution in [0.4, 0.5) is 0 Å². The van der Waals surface area contributed by atoms with Gasteiger partial charge in [0.25, 0.3) is 0 Å². The second-order valence-corrected chi connectivity index (χ2v) is 4.27. The van der Waals surface area contributed by atoms with Crippen LogP contribution in [0.15, 0.2) is 0 Å². The van der Waals surface area contributed by atoms with E-state index in [1.165, 1.54) is 0 Å². The summed E-state index contributed by atoms with van der Waals surface area (Å²) in [5, 5.41) is 10.2. The molecule has 1 atom stereocenters. The molecule has 1 aliphatic heterocycles. The van der Waals surface area contributed by atoms with E-state index in [1.807, 2.05) is 6.92 Å². The van der Waals surface area contributed by atoms with Gasteiger partial charge in [0.15, 0.2) is 0 Å². The summed E-state index contributed by atoms with van der Waals surface area (Å²) in [6, 6.07) is 0. The van der Waals surface area contributed by atoms with Crippen molar-refractivity contribution in [3.63, 3.8) is 0 Å². The summed E-state index contributed by atoms with van der Waals surface area (Å²) in [6.45, 7) is 6.23. The van der Waals surface area contributed by atoms with E-state index < -0.39 is 0 Å². The van der Waals surface area contributed by atoms with Crippen molar-refractivity contribution in [1.29, 1.82) is 0 Å². The van der Waals surface area contributed by atoms with Crippen LogP contribution in [0, 0.1) is 0 Å². The largest absolute Gasteiger partial charge is 0.390 e. The third kappa shape index (κ3) is 3.44. The van der Waals surface area contributed by atoms with Gasteiger partial charge in [-0.25, -0.2) is 0 Å². The van der Waals surface area contributed by atoms with Crippen LogP contribution in [0.3, 0.4) is 0 Å². The van der Waals surface area contributed by atoms with Gasteiger partial charge < -0.3 is 14.6 Å². The molecule has 0 saturated carbocycles. The quantitative estimate of drug-likeness (QED) is 0.739. The Hall–Kier alpha value is -0.120. The standard InChI is InChI=1S/C12H24O3/c1-3-5-6-11(13)12(15-4-2)7-9-14-10-8-12/h11,13H,3-10H2,1-2H3. The van der Waals surface area contributed by atoms with Gasteiger partial charge in [0.1, 0.15) is 0 Å². The molecule has 0 aliphatic carbocycles. The Labute approximate surface area is 92.8 Å². The first-order valence-electron chi connectivity index (χ1n) is 6.15. The average Bonchev–Trinajstić information content (AvgIpc) is 2.27. The van der Waals surface area contributed by atoms with Gasteiger partial charge in [-0.2, -0.15) is 0 Å². The fraction of sp³-hybridized carbons (Fsp3) is 1.00. The summed E-state index contributed by atoms with van der Waals surface area (Å²) >= 11 is 0. The van der Waals surface area contributed by atoms with Crippen LogP contribution < -0.4 is 0 Å². The Bertz CT molecular complexity index is 159. The predicted molar refractivity (Wildman–Crippen MR) is 59.9 cm³/mol. The second kappa shape index (κ2) is 6.46. The smallest absolute Gasteiger partial charge is 0.0983 e. The van der Waals surface area contributed by atoms with Crippen molar-refractivity contribution in [3.8, 4) is 0 Å². The maximum atomic E-state index is 10.2. The molecule has 90 valence electrons. The molecule has 0 aromatic rings. The van der Waals surface area contributed by atoms with Crippen molar-refractivity contribution in [2.45, 2.75) is 57.7 Å². The molecule has 3 heteroatoms. The second-order valence-electron chi connectivity index (χ2n) is 4.27. The summed E-state index contributed by atoms with van der Waals surface area (Å²) in [6.07, 6.45) is 4.35. The molecule has 0 bridgehead atoms. The van der Waals surface area contributed by atoms with Crippen molar-refractivity contribution in [2.75, 3.05) is 19.8 Å². The molecular formula is C12H24O3. The number of unbranched alkanes of at least 4 members (excludes halogenated alkanes) is 1. The fourth-order valence-corrected chi connectivity index (χ4v) is 2.24. The monoisotopic (exact) mass is 216 g/mol. The van der Waals surface area contributed by atoms with Gasteiger partial charge in [0.05, 0.1) is 11.7 Å². The van der Waals surface area contributed by atoms with E-state index in [1.54, 1.807) is 0 Å². The SMILES string of the molecule is CCCCC(O)C1(OCC)CCOCC1. The maximum Gasteiger partial charge on any atom is 0.0983 e. The maximum absolute atomic E-state index is 10.2.